The van der Waals surface area contributed by atoms with Crippen LogP contribution in [-0.2, 0) is 32.4 Å². The van der Waals surface area contributed by atoms with E-state index in [1.807, 2.05) is 19.1 Å². The summed E-state index contributed by atoms with van der Waals surface area (Å²) in [5.74, 6) is 0.0343. The number of aryl methyl sites for hydroxylation is 2. The highest BCUT2D eigenvalue weighted by Gasteiger charge is 2.38. The maximum Gasteiger partial charge on any atom is 0.309 e. The predicted molar refractivity (Wildman–Crippen MR) is 150 cm³/mol. The number of carboxylic acid groups (broad SMARTS) is 1. The minimum absolute atomic E-state index is 0.123. The number of rotatable bonds is 10. The summed E-state index contributed by atoms with van der Waals surface area (Å²) in [6, 6.07) is 10.0. The Morgan fingerprint density at radius 1 is 1.15 bits per heavy atom. The lowest BCUT2D eigenvalue weighted by Gasteiger charge is -2.38. The SMILES string of the molecule is CCc1ccc2c(c1)C(O)CC(C)N2S(=O)(=O)c1ccc(OCC2CCOCC2)c(CCC(C)(C)C(=O)O)c1. The van der Waals surface area contributed by atoms with Crippen LogP contribution in [-0.4, -0.2) is 50.5 Å². The van der Waals surface area contributed by atoms with Gasteiger partial charge in [0.15, 0.2) is 0 Å². The fourth-order valence-corrected chi connectivity index (χ4v) is 7.03. The van der Waals surface area contributed by atoms with Crippen molar-refractivity contribution in [1.29, 1.82) is 0 Å². The number of anilines is 1. The highest BCUT2D eigenvalue weighted by molar-refractivity contribution is 7.92. The molecule has 0 aromatic heterocycles. The van der Waals surface area contributed by atoms with Gasteiger partial charge in [0.05, 0.1) is 28.7 Å². The van der Waals surface area contributed by atoms with Gasteiger partial charge in [-0.1, -0.05) is 19.1 Å². The fourth-order valence-electron chi connectivity index (χ4n) is 5.28. The van der Waals surface area contributed by atoms with Crippen molar-refractivity contribution in [2.75, 3.05) is 24.1 Å². The fraction of sp³-hybridized carbons (Fsp3) is 0.567. The summed E-state index contributed by atoms with van der Waals surface area (Å²) in [5.41, 5.74) is 1.85. The lowest BCUT2D eigenvalue weighted by atomic mass is 9.86. The number of hydrogen-bond acceptors (Lipinski definition) is 6. The van der Waals surface area contributed by atoms with Crippen molar-refractivity contribution in [3.05, 3.63) is 53.1 Å². The number of aliphatic carboxylic acids is 1. The third-order valence-electron chi connectivity index (χ3n) is 8.06. The molecule has 39 heavy (non-hydrogen) atoms. The zero-order valence-electron chi connectivity index (χ0n) is 23.4. The van der Waals surface area contributed by atoms with Gasteiger partial charge in [-0.05, 0) is 101 Å². The molecule has 8 nitrogen and oxygen atoms in total. The van der Waals surface area contributed by atoms with Gasteiger partial charge in [0.2, 0.25) is 0 Å². The van der Waals surface area contributed by atoms with E-state index in [2.05, 4.69) is 0 Å². The van der Waals surface area contributed by atoms with Crippen molar-refractivity contribution in [1.82, 2.24) is 0 Å². The van der Waals surface area contributed by atoms with Crippen LogP contribution < -0.4 is 9.04 Å². The molecule has 2 aromatic rings. The van der Waals surface area contributed by atoms with Crippen molar-refractivity contribution >= 4 is 21.7 Å². The molecule has 0 spiro atoms. The molecule has 2 atom stereocenters. The molecule has 9 heteroatoms. The third kappa shape index (κ3) is 6.42. The summed E-state index contributed by atoms with van der Waals surface area (Å²) in [6.07, 6.45) is 2.85. The molecule has 2 heterocycles. The number of carboxylic acids is 1. The average molecular weight is 560 g/mol. The molecular weight excluding hydrogens is 518 g/mol. The molecule has 0 amide bonds. The minimum atomic E-state index is -3.98. The maximum atomic E-state index is 14.1. The second-order valence-electron chi connectivity index (χ2n) is 11.5. The zero-order chi connectivity index (χ0) is 28.4. The van der Waals surface area contributed by atoms with E-state index in [1.165, 1.54) is 4.31 Å². The molecule has 2 aromatic carbocycles. The van der Waals surface area contributed by atoms with Gasteiger partial charge in [-0.25, -0.2) is 8.42 Å². The summed E-state index contributed by atoms with van der Waals surface area (Å²) in [4.78, 5) is 11.9. The lowest BCUT2D eigenvalue weighted by Crippen LogP contribution is -2.43. The summed E-state index contributed by atoms with van der Waals surface area (Å²) in [6.45, 7) is 9.07. The highest BCUT2D eigenvalue weighted by atomic mass is 32.2. The van der Waals surface area contributed by atoms with Crippen LogP contribution in [0.4, 0.5) is 5.69 Å². The molecule has 2 unspecified atom stereocenters. The average Bonchev–Trinajstić information content (AvgIpc) is 2.91. The molecule has 2 N–H and O–H groups in total. The first kappa shape index (κ1) is 29.4. The molecule has 0 radical (unpaired) electrons. The molecule has 2 aliphatic rings. The standard InChI is InChI=1S/C30H41NO7S/c1-5-21-6-8-26-25(17-21)27(32)16-20(2)31(26)39(35,36)24-7-9-28(38-19-22-11-14-37-15-12-22)23(18-24)10-13-30(3,4)29(33)34/h6-9,17-18,20,22,27,32H,5,10-16,19H2,1-4H3,(H,33,34). The normalized spacial score (nSPS) is 20.5. The first-order valence-electron chi connectivity index (χ1n) is 13.9. The first-order chi connectivity index (χ1) is 18.4. The van der Waals surface area contributed by atoms with Crippen molar-refractivity contribution in [2.24, 2.45) is 11.3 Å². The van der Waals surface area contributed by atoms with Crippen LogP contribution in [0.25, 0.3) is 0 Å². The van der Waals surface area contributed by atoms with E-state index in [-0.39, 0.29) is 4.90 Å². The van der Waals surface area contributed by atoms with E-state index in [9.17, 15) is 23.4 Å². The summed E-state index contributed by atoms with van der Waals surface area (Å²) >= 11 is 0. The van der Waals surface area contributed by atoms with Crippen molar-refractivity contribution in [2.45, 2.75) is 83.3 Å². The second-order valence-corrected chi connectivity index (χ2v) is 13.3. The quantitative estimate of drug-likeness (QED) is 0.415. The molecule has 0 saturated carbocycles. The Hall–Kier alpha value is -2.62. The van der Waals surface area contributed by atoms with Crippen LogP contribution in [0.5, 0.6) is 5.75 Å². The number of fused-ring (bicyclic) bond motifs is 1. The molecule has 1 saturated heterocycles. The van der Waals surface area contributed by atoms with Gasteiger partial charge in [-0.2, -0.15) is 0 Å². The van der Waals surface area contributed by atoms with Gasteiger partial charge in [0, 0.05) is 24.8 Å². The Bertz CT molecular complexity index is 1280. The van der Waals surface area contributed by atoms with Gasteiger partial charge in [0.1, 0.15) is 5.75 Å². The largest absolute Gasteiger partial charge is 0.493 e. The molecule has 4 rings (SSSR count). The number of carbonyl (C=O) groups is 1. The third-order valence-corrected chi connectivity index (χ3v) is 9.99. The van der Waals surface area contributed by atoms with Crippen molar-refractivity contribution in [3.8, 4) is 5.75 Å². The molecule has 0 aliphatic carbocycles. The van der Waals surface area contributed by atoms with E-state index in [1.54, 1.807) is 45.0 Å². The number of ether oxygens (including phenoxy) is 2. The van der Waals surface area contributed by atoms with E-state index >= 15 is 0 Å². The Balaban J connectivity index is 1.69. The monoisotopic (exact) mass is 559 g/mol. The van der Waals surface area contributed by atoms with E-state index in [4.69, 9.17) is 9.47 Å². The van der Waals surface area contributed by atoms with Gasteiger partial charge in [-0.15, -0.1) is 0 Å². The maximum absolute atomic E-state index is 14.1. The number of aliphatic hydroxyl groups excluding tert-OH is 1. The molecule has 2 aliphatic heterocycles. The molecule has 214 valence electrons. The van der Waals surface area contributed by atoms with Crippen LogP contribution in [0.3, 0.4) is 0 Å². The number of hydrogen-bond donors (Lipinski definition) is 2. The number of nitrogens with zero attached hydrogens (tertiary/aromatic N) is 1. The van der Waals surface area contributed by atoms with E-state index in [0.717, 1.165) is 24.8 Å². The topological polar surface area (TPSA) is 113 Å². The predicted octanol–water partition coefficient (Wildman–Crippen LogP) is 5.12. The Kier molecular flexibility index (Phi) is 8.93. The summed E-state index contributed by atoms with van der Waals surface area (Å²) in [5, 5.41) is 20.4. The van der Waals surface area contributed by atoms with Gasteiger partial charge >= 0.3 is 5.97 Å². The zero-order valence-corrected chi connectivity index (χ0v) is 24.2. The molecular formula is C30H41NO7S. The summed E-state index contributed by atoms with van der Waals surface area (Å²) in [7, 11) is -3.98. The smallest absolute Gasteiger partial charge is 0.309 e. The van der Waals surface area contributed by atoms with Crippen LogP contribution in [0, 0.1) is 11.3 Å². The lowest BCUT2D eigenvalue weighted by molar-refractivity contribution is -0.147. The van der Waals surface area contributed by atoms with Crippen LogP contribution >= 0.6 is 0 Å². The van der Waals surface area contributed by atoms with Crippen molar-refractivity contribution < 1.29 is 32.9 Å². The van der Waals surface area contributed by atoms with Gasteiger partial charge < -0.3 is 19.7 Å². The Morgan fingerprint density at radius 3 is 2.54 bits per heavy atom. The number of sulfonamides is 1. The van der Waals surface area contributed by atoms with Crippen LogP contribution in [0.2, 0.25) is 0 Å². The van der Waals surface area contributed by atoms with Crippen molar-refractivity contribution in [3.63, 3.8) is 0 Å². The number of aliphatic hydroxyl groups is 1. The van der Waals surface area contributed by atoms with Gasteiger partial charge in [-0.3, -0.25) is 9.10 Å². The minimum Gasteiger partial charge on any atom is -0.493 e. The van der Waals surface area contributed by atoms with Gasteiger partial charge in [0.25, 0.3) is 10.0 Å². The Labute approximate surface area is 232 Å². The van der Waals surface area contributed by atoms with Crippen LogP contribution in [0.1, 0.15) is 76.2 Å². The van der Waals surface area contributed by atoms with E-state index < -0.39 is 33.6 Å². The number of benzene rings is 2. The molecule has 1 fully saturated rings. The second kappa shape index (κ2) is 11.9. The molecule has 0 bridgehead atoms. The Morgan fingerprint density at radius 2 is 1.87 bits per heavy atom. The van der Waals surface area contributed by atoms with Crippen LogP contribution in [0.15, 0.2) is 41.3 Å². The highest BCUT2D eigenvalue weighted by Crippen LogP contribution is 2.41. The first-order valence-corrected chi connectivity index (χ1v) is 15.3. The van der Waals surface area contributed by atoms with E-state index in [0.29, 0.717) is 67.6 Å². The summed E-state index contributed by atoms with van der Waals surface area (Å²) < 4.78 is 41.2.